The Labute approximate surface area is 125 Å². The first-order valence-corrected chi connectivity index (χ1v) is 7.60. The summed E-state index contributed by atoms with van der Waals surface area (Å²) in [6.07, 6.45) is 2.55. The van der Waals surface area contributed by atoms with Gasteiger partial charge < -0.3 is 9.84 Å². The molecule has 0 saturated carbocycles. The Kier molecular flexibility index (Phi) is 4.62. The molecule has 1 saturated heterocycles. The minimum atomic E-state index is 0.606. The molecule has 1 unspecified atom stereocenters. The smallest absolute Gasteiger partial charge is 0.257 e. The maximum Gasteiger partial charge on any atom is 0.257 e. The van der Waals surface area contributed by atoms with Crippen molar-refractivity contribution in [3.05, 3.63) is 36.2 Å². The van der Waals surface area contributed by atoms with Crippen LogP contribution < -0.4 is 5.32 Å². The van der Waals surface area contributed by atoms with Crippen LogP contribution in [0.25, 0.3) is 11.5 Å². The fourth-order valence-electron chi connectivity index (χ4n) is 2.97. The van der Waals surface area contributed by atoms with Crippen LogP contribution in [0.2, 0.25) is 0 Å². The van der Waals surface area contributed by atoms with Crippen LogP contribution in [0.3, 0.4) is 0 Å². The largest absolute Gasteiger partial charge is 0.334 e. The Morgan fingerprint density at radius 2 is 2.19 bits per heavy atom. The number of nitrogens with one attached hydrogen (secondary N) is 1. The van der Waals surface area contributed by atoms with Gasteiger partial charge in [0.05, 0.1) is 6.54 Å². The van der Waals surface area contributed by atoms with Crippen molar-refractivity contribution in [1.82, 2.24) is 20.4 Å². The van der Waals surface area contributed by atoms with Gasteiger partial charge in [0, 0.05) is 12.1 Å². The molecule has 112 valence electrons. The first-order chi connectivity index (χ1) is 10.3. The van der Waals surface area contributed by atoms with E-state index in [1.54, 1.807) is 0 Å². The highest BCUT2D eigenvalue weighted by atomic mass is 16.5. The van der Waals surface area contributed by atoms with Crippen molar-refractivity contribution in [3.8, 4) is 11.5 Å². The van der Waals surface area contributed by atoms with Crippen molar-refractivity contribution in [2.24, 2.45) is 5.92 Å². The van der Waals surface area contributed by atoms with E-state index >= 15 is 0 Å². The van der Waals surface area contributed by atoms with E-state index in [0.717, 1.165) is 43.5 Å². The zero-order valence-corrected chi connectivity index (χ0v) is 12.5. The lowest BCUT2D eigenvalue weighted by Crippen LogP contribution is -2.38. The number of rotatable bonds is 5. The lowest BCUT2D eigenvalue weighted by atomic mass is 9.98. The summed E-state index contributed by atoms with van der Waals surface area (Å²) in [4.78, 5) is 6.93. The summed E-state index contributed by atoms with van der Waals surface area (Å²) < 4.78 is 5.37. The number of hydrogen-bond acceptors (Lipinski definition) is 5. The quantitative estimate of drug-likeness (QED) is 0.913. The molecule has 0 bridgehead atoms. The Morgan fingerprint density at radius 3 is 3.00 bits per heavy atom. The summed E-state index contributed by atoms with van der Waals surface area (Å²) in [6, 6.07) is 9.91. The molecule has 0 amide bonds. The van der Waals surface area contributed by atoms with Crippen molar-refractivity contribution >= 4 is 0 Å². The summed E-state index contributed by atoms with van der Waals surface area (Å²) in [6.45, 7) is 4.08. The molecule has 1 aliphatic rings. The molecule has 1 aliphatic heterocycles. The highest BCUT2D eigenvalue weighted by molar-refractivity contribution is 5.51. The second-order valence-electron chi connectivity index (χ2n) is 5.68. The van der Waals surface area contributed by atoms with Gasteiger partial charge in [-0.05, 0) is 51.0 Å². The van der Waals surface area contributed by atoms with Gasteiger partial charge in [0.1, 0.15) is 0 Å². The maximum atomic E-state index is 5.37. The Morgan fingerprint density at radius 1 is 1.33 bits per heavy atom. The first-order valence-electron chi connectivity index (χ1n) is 7.60. The average Bonchev–Trinajstić information content (AvgIpc) is 2.97. The van der Waals surface area contributed by atoms with E-state index < -0.39 is 0 Å². The highest BCUT2D eigenvalue weighted by Gasteiger charge is 2.21. The number of aromatic nitrogens is 2. The predicted molar refractivity (Wildman–Crippen MR) is 81.7 cm³/mol. The van der Waals surface area contributed by atoms with Crippen molar-refractivity contribution in [2.75, 3.05) is 26.7 Å². The third-order valence-electron chi connectivity index (χ3n) is 3.95. The van der Waals surface area contributed by atoms with Crippen LogP contribution in [0.1, 0.15) is 18.7 Å². The molecule has 1 aromatic carbocycles. The van der Waals surface area contributed by atoms with Gasteiger partial charge in [0.2, 0.25) is 0 Å². The van der Waals surface area contributed by atoms with E-state index in [-0.39, 0.29) is 0 Å². The summed E-state index contributed by atoms with van der Waals surface area (Å²) in [5.41, 5.74) is 0.975. The normalized spacial score (nSPS) is 19.8. The molecule has 1 fully saturated rings. The summed E-state index contributed by atoms with van der Waals surface area (Å²) in [5, 5.41) is 7.39. The molecule has 1 atom stereocenters. The van der Waals surface area contributed by atoms with Crippen molar-refractivity contribution in [2.45, 2.75) is 19.4 Å². The average molecular weight is 286 g/mol. The monoisotopic (exact) mass is 286 g/mol. The number of likely N-dealkylation sites (tertiary alicyclic amines) is 1. The maximum absolute atomic E-state index is 5.37. The van der Waals surface area contributed by atoms with Crippen molar-refractivity contribution in [1.29, 1.82) is 0 Å². The highest BCUT2D eigenvalue weighted by Crippen LogP contribution is 2.19. The van der Waals surface area contributed by atoms with Crippen LogP contribution >= 0.6 is 0 Å². The van der Waals surface area contributed by atoms with Gasteiger partial charge in [-0.2, -0.15) is 4.98 Å². The molecule has 0 spiro atoms. The number of hydrogen-bond donors (Lipinski definition) is 1. The van der Waals surface area contributed by atoms with Gasteiger partial charge in [0.25, 0.3) is 5.89 Å². The molecule has 2 heterocycles. The van der Waals surface area contributed by atoms with Crippen LogP contribution in [-0.2, 0) is 6.54 Å². The lowest BCUT2D eigenvalue weighted by Gasteiger charge is -2.31. The Bertz CT molecular complexity index is 552. The molecule has 5 heteroatoms. The SMILES string of the molecule is CNCC1CCCN(Cc2noc(-c3ccccc3)n2)C1. The fraction of sp³-hybridized carbons (Fsp3) is 0.500. The molecule has 3 rings (SSSR count). The minimum absolute atomic E-state index is 0.606. The minimum Gasteiger partial charge on any atom is -0.334 e. The van der Waals surface area contributed by atoms with Gasteiger partial charge in [0.15, 0.2) is 5.82 Å². The third kappa shape index (κ3) is 3.68. The predicted octanol–water partition coefficient (Wildman–Crippen LogP) is 2.17. The molecule has 2 aromatic rings. The molecule has 0 aliphatic carbocycles. The van der Waals surface area contributed by atoms with Gasteiger partial charge in [-0.3, -0.25) is 4.90 Å². The second kappa shape index (κ2) is 6.83. The Hall–Kier alpha value is -1.72. The third-order valence-corrected chi connectivity index (χ3v) is 3.95. The number of piperidine rings is 1. The van der Waals surface area contributed by atoms with Crippen LogP contribution in [-0.4, -0.2) is 41.7 Å². The Balaban J connectivity index is 1.62. The van der Waals surface area contributed by atoms with Gasteiger partial charge in [-0.15, -0.1) is 0 Å². The van der Waals surface area contributed by atoms with Gasteiger partial charge in [-0.1, -0.05) is 23.4 Å². The molecule has 5 nitrogen and oxygen atoms in total. The van der Waals surface area contributed by atoms with E-state index in [1.165, 1.54) is 12.8 Å². The summed E-state index contributed by atoms with van der Waals surface area (Å²) in [7, 11) is 2.02. The fourth-order valence-corrected chi connectivity index (χ4v) is 2.97. The number of nitrogens with zero attached hydrogens (tertiary/aromatic N) is 3. The standard InChI is InChI=1S/C16H22N4O/c1-17-10-13-6-5-9-20(11-13)12-15-18-16(21-19-15)14-7-3-2-4-8-14/h2-4,7-8,13,17H,5-6,9-12H2,1H3. The molecule has 1 aromatic heterocycles. The number of benzene rings is 1. The van der Waals surface area contributed by atoms with E-state index in [2.05, 4.69) is 20.4 Å². The molecule has 21 heavy (non-hydrogen) atoms. The van der Waals surface area contributed by atoms with E-state index in [0.29, 0.717) is 5.89 Å². The second-order valence-corrected chi connectivity index (χ2v) is 5.68. The molecular formula is C16H22N4O. The van der Waals surface area contributed by atoms with Gasteiger partial charge >= 0.3 is 0 Å². The molecule has 1 N–H and O–H groups in total. The zero-order valence-electron chi connectivity index (χ0n) is 12.5. The summed E-state index contributed by atoms with van der Waals surface area (Å²) in [5.74, 6) is 2.11. The lowest BCUT2D eigenvalue weighted by molar-refractivity contribution is 0.162. The van der Waals surface area contributed by atoms with Crippen LogP contribution in [0.15, 0.2) is 34.9 Å². The van der Waals surface area contributed by atoms with Crippen LogP contribution in [0.5, 0.6) is 0 Å². The molecular weight excluding hydrogens is 264 g/mol. The topological polar surface area (TPSA) is 54.2 Å². The molecule has 0 radical (unpaired) electrons. The zero-order chi connectivity index (χ0) is 14.5. The van der Waals surface area contributed by atoms with Gasteiger partial charge in [-0.25, -0.2) is 0 Å². The van der Waals surface area contributed by atoms with Crippen molar-refractivity contribution < 1.29 is 4.52 Å². The van der Waals surface area contributed by atoms with Crippen LogP contribution in [0.4, 0.5) is 0 Å². The van der Waals surface area contributed by atoms with E-state index in [9.17, 15) is 0 Å². The van der Waals surface area contributed by atoms with E-state index in [1.807, 2.05) is 37.4 Å². The van der Waals surface area contributed by atoms with Crippen LogP contribution in [0, 0.1) is 5.92 Å². The van der Waals surface area contributed by atoms with E-state index in [4.69, 9.17) is 4.52 Å². The first kappa shape index (κ1) is 14.2. The van der Waals surface area contributed by atoms with Crippen molar-refractivity contribution in [3.63, 3.8) is 0 Å². The summed E-state index contributed by atoms with van der Waals surface area (Å²) >= 11 is 0.